The number of hydrogen-bond donors (Lipinski definition) is 2. The van der Waals surface area contributed by atoms with Gasteiger partial charge in [0.15, 0.2) is 5.11 Å². The minimum absolute atomic E-state index is 0.146. The molecule has 0 aliphatic rings. The molecule has 5 rings (SSSR count). The van der Waals surface area contributed by atoms with Crippen LogP contribution in [-0.4, -0.2) is 19.0 Å². The van der Waals surface area contributed by atoms with E-state index in [0.717, 1.165) is 23.6 Å². The van der Waals surface area contributed by atoms with Crippen LogP contribution < -0.4 is 16.2 Å². The van der Waals surface area contributed by atoms with E-state index in [1.54, 1.807) is 4.68 Å². The van der Waals surface area contributed by atoms with Crippen LogP contribution in [0.4, 0.5) is 11.4 Å². The van der Waals surface area contributed by atoms with Crippen LogP contribution >= 0.6 is 12.2 Å². The summed E-state index contributed by atoms with van der Waals surface area (Å²) in [6.07, 6.45) is 0. The highest BCUT2D eigenvalue weighted by molar-refractivity contribution is 7.80. The van der Waals surface area contributed by atoms with Gasteiger partial charge in [-0.3, -0.25) is 9.48 Å². The Bertz CT molecular complexity index is 1560. The van der Waals surface area contributed by atoms with E-state index < -0.39 is 0 Å². The van der Waals surface area contributed by atoms with Crippen molar-refractivity contribution in [3.8, 4) is 5.69 Å². The first kappa shape index (κ1) is 21.0. The number of thiocarbonyl (C=S) groups is 1. The van der Waals surface area contributed by atoms with Crippen LogP contribution in [0.2, 0.25) is 0 Å². The topological polar surface area (TPSA) is 55.9 Å². The second-order valence-corrected chi connectivity index (χ2v) is 8.42. The van der Waals surface area contributed by atoms with Crippen molar-refractivity contribution in [2.75, 3.05) is 10.6 Å². The van der Waals surface area contributed by atoms with Crippen LogP contribution in [0.5, 0.6) is 0 Å². The van der Waals surface area contributed by atoms with E-state index in [4.69, 9.17) is 12.2 Å². The Balaban J connectivity index is 1.46. The number of nitrogens with zero attached hydrogens (tertiary/aromatic N) is 3. The number of nitrogens with one attached hydrogen (secondary N) is 2. The first-order chi connectivity index (χ1) is 16.0. The van der Waals surface area contributed by atoms with E-state index in [0.29, 0.717) is 10.8 Å². The van der Waals surface area contributed by atoms with Crippen molar-refractivity contribution in [1.29, 1.82) is 0 Å². The number of para-hydroxylation sites is 2. The Kier molecular flexibility index (Phi) is 5.26. The lowest BCUT2D eigenvalue weighted by molar-refractivity contribution is 0.630. The molecule has 5 aromatic rings. The maximum Gasteiger partial charge on any atom is 0.295 e. The normalized spacial score (nSPS) is 11.2. The average molecular weight is 456 g/mol. The molecule has 2 heterocycles. The van der Waals surface area contributed by atoms with Gasteiger partial charge in [0, 0.05) is 41.1 Å². The van der Waals surface area contributed by atoms with Crippen LogP contribution in [-0.2, 0) is 13.6 Å². The summed E-state index contributed by atoms with van der Waals surface area (Å²) in [4.78, 5) is 13.1. The van der Waals surface area contributed by atoms with Crippen molar-refractivity contribution in [3.05, 3.63) is 88.8 Å². The smallest absolute Gasteiger partial charge is 0.295 e. The fraction of sp³-hybridized carbons (Fsp3) is 0.154. The molecule has 3 aromatic carbocycles. The molecule has 0 aliphatic heterocycles. The first-order valence-electron chi connectivity index (χ1n) is 10.9. The molecule has 7 heteroatoms. The van der Waals surface area contributed by atoms with Gasteiger partial charge < -0.3 is 15.2 Å². The number of anilines is 2. The monoisotopic (exact) mass is 455 g/mol. The average Bonchev–Trinajstić information content (AvgIpc) is 3.25. The maximum absolute atomic E-state index is 13.1. The van der Waals surface area contributed by atoms with Crippen LogP contribution in [0.1, 0.15) is 12.6 Å². The molecule has 0 atom stereocenters. The molecule has 0 bridgehead atoms. The van der Waals surface area contributed by atoms with Crippen molar-refractivity contribution in [2.24, 2.45) is 7.05 Å². The van der Waals surface area contributed by atoms with Gasteiger partial charge in [-0.15, -0.1) is 0 Å². The molecule has 2 aromatic heterocycles. The Morgan fingerprint density at radius 2 is 1.61 bits per heavy atom. The van der Waals surface area contributed by atoms with Gasteiger partial charge in [-0.1, -0.05) is 36.4 Å². The summed E-state index contributed by atoms with van der Waals surface area (Å²) in [7, 11) is 1.86. The van der Waals surface area contributed by atoms with Crippen molar-refractivity contribution in [1.82, 2.24) is 13.9 Å². The number of rotatable bonds is 4. The number of aryl methyl sites for hydroxylation is 1. The summed E-state index contributed by atoms with van der Waals surface area (Å²) in [5.74, 6) is 0. The zero-order valence-electron chi connectivity index (χ0n) is 18.8. The number of hydrogen-bond acceptors (Lipinski definition) is 2. The fourth-order valence-corrected chi connectivity index (χ4v) is 4.68. The third-order valence-corrected chi connectivity index (χ3v) is 6.34. The van der Waals surface area contributed by atoms with Crippen LogP contribution in [0, 0.1) is 6.92 Å². The minimum atomic E-state index is -0.146. The largest absolute Gasteiger partial charge is 0.341 e. The van der Waals surface area contributed by atoms with Gasteiger partial charge in [0.1, 0.15) is 5.69 Å². The molecule has 0 aliphatic carbocycles. The summed E-state index contributed by atoms with van der Waals surface area (Å²) in [6, 6.07) is 24.2. The Labute approximate surface area is 197 Å². The highest BCUT2D eigenvalue weighted by atomic mass is 32.1. The van der Waals surface area contributed by atoms with Gasteiger partial charge in [-0.25, -0.2) is 4.68 Å². The fourth-order valence-electron chi connectivity index (χ4n) is 4.46. The zero-order chi connectivity index (χ0) is 23.1. The maximum atomic E-state index is 13.1. The molecule has 2 N–H and O–H groups in total. The number of aromatic nitrogens is 3. The third kappa shape index (κ3) is 3.50. The minimum Gasteiger partial charge on any atom is -0.341 e. The molecule has 0 spiro atoms. The van der Waals surface area contributed by atoms with Crippen LogP contribution in [0.15, 0.2) is 77.6 Å². The van der Waals surface area contributed by atoms with Gasteiger partial charge in [-0.2, -0.15) is 0 Å². The van der Waals surface area contributed by atoms with Crippen LogP contribution in [0.3, 0.4) is 0 Å². The number of fused-ring (bicyclic) bond motifs is 3. The van der Waals surface area contributed by atoms with E-state index in [2.05, 4.69) is 58.5 Å². The molecule has 0 radical (unpaired) electrons. The predicted molar refractivity (Wildman–Crippen MR) is 141 cm³/mol. The lowest BCUT2D eigenvalue weighted by Crippen LogP contribution is -2.25. The van der Waals surface area contributed by atoms with Crippen molar-refractivity contribution < 1.29 is 0 Å². The van der Waals surface area contributed by atoms with E-state index >= 15 is 0 Å². The molecule has 0 fully saturated rings. The molecule has 0 amide bonds. The van der Waals surface area contributed by atoms with Gasteiger partial charge in [0.2, 0.25) is 0 Å². The molecule has 0 unspecified atom stereocenters. The Hall–Kier alpha value is -3.84. The lowest BCUT2D eigenvalue weighted by Gasteiger charge is -2.10. The summed E-state index contributed by atoms with van der Waals surface area (Å²) in [5.41, 5.74) is 5.19. The van der Waals surface area contributed by atoms with E-state index in [1.165, 1.54) is 21.8 Å². The quantitative estimate of drug-likeness (QED) is 0.355. The second-order valence-electron chi connectivity index (χ2n) is 8.01. The number of benzene rings is 3. The van der Waals surface area contributed by atoms with Gasteiger partial charge in [-0.05, 0) is 62.5 Å². The summed E-state index contributed by atoms with van der Waals surface area (Å²) in [6.45, 7) is 4.96. The van der Waals surface area contributed by atoms with Gasteiger partial charge in [0.25, 0.3) is 5.56 Å². The molecule has 166 valence electrons. The van der Waals surface area contributed by atoms with Crippen molar-refractivity contribution >= 4 is 50.5 Å². The zero-order valence-corrected chi connectivity index (χ0v) is 19.6. The summed E-state index contributed by atoms with van der Waals surface area (Å²) >= 11 is 5.57. The second kappa shape index (κ2) is 8.26. The molecule has 0 saturated heterocycles. The lowest BCUT2D eigenvalue weighted by atomic mass is 10.1. The standard InChI is InChI=1S/C26H25N5OS/c1-4-30-22-13-9-8-12-20(22)21-16-18(14-15-23(21)30)27-26(33)28-24-17(2)29(3)31(25(24)32)19-10-6-5-7-11-19/h5-16H,4H2,1-3H3,(H2,27,28,33). The first-order valence-corrected chi connectivity index (χ1v) is 11.3. The summed E-state index contributed by atoms with van der Waals surface area (Å²) < 4.78 is 5.77. The highest BCUT2D eigenvalue weighted by Crippen LogP contribution is 2.31. The molecular weight excluding hydrogens is 430 g/mol. The molecular formula is C26H25N5OS. The molecule has 33 heavy (non-hydrogen) atoms. The van der Waals surface area contributed by atoms with E-state index in [-0.39, 0.29) is 5.56 Å². The Morgan fingerprint density at radius 3 is 2.36 bits per heavy atom. The molecule has 6 nitrogen and oxygen atoms in total. The highest BCUT2D eigenvalue weighted by Gasteiger charge is 2.17. The third-order valence-electron chi connectivity index (χ3n) is 6.14. The van der Waals surface area contributed by atoms with E-state index in [9.17, 15) is 4.79 Å². The molecule has 0 saturated carbocycles. The summed E-state index contributed by atoms with van der Waals surface area (Å²) in [5, 5.41) is 9.13. The van der Waals surface area contributed by atoms with Gasteiger partial charge in [0.05, 0.1) is 11.4 Å². The Morgan fingerprint density at radius 1 is 0.909 bits per heavy atom. The van der Waals surface area contributed by atoms with Crippen molar-refractivity contribution in [3.63, 3.8) is 0 Å². The SMILES string of the molecule is CCn1c2ccccc2c2cc(NC(=S)Nc3c(C)n(C)n(-c4ccccc4)c3=O)ccc21. The van der Waals surface area contributed by atoms with Crippen LogP contribution in [0.25, 0.3) is 27.5 Å². The predicted octanol–water partition coefficient (Wildman–Crippen LogP) is 5.42. The van der Waals surface area contributed by atoms with E-state index in [1.807, 2.05) is 55.1 Å². The van der Waals surface area contributed by atoms with Gasteiger partial charge >= 0.3 is 0 Å². The van der Waals surface area contributed by atoms with Crippen molar-refractivity contribution in [2.45, 2.75) is 20.4 Å².